The van der Waals surface area contributed by atoms with Crippen LogP contribution in [0, 0.1) is 22.7 Å². The van der Waals surface area contributed by atoms with Crippen molar-refractivity contribution >= 4 is 29.4 Å². The Morgan fingerprint density at radius 1 is 1.15 bits per heavy atom. The van der Waals surface area contributed by atoms with Crippen LogP contribution in [0.3, 0.4) is 0 Å². The third kappa shape index (κ3) is 4.12. The summed E-state index contributed by atoms with van der Waals surface area (Å²) in [5, 5.41) is 17.6. The molecule has 0 saturated carbocycles. The van der Waals surface area contributed by atoms with Crippen molar-refractivity contribution in [3.05, 3.63) is 29.8 Å². The van der Waals surface area contributed by atoms with Crippen molar-refractivity contribution in [2.45, 2.75) is 51.2 Å². The molecule has 10 nitrogen and oxygen atoms in total. The highest BCUT2D eigenvalue weighted by molar-refractivity contribution is 6.15. The first-order chi connectivity index (χ1) is 15.8. The molecule has 3 rings (SSSR count). The van der Waals surface area contributed by atoms with Gasteiger partial charge in [0.2, 0.25) is 11.6 Å². The summed E-state index contributed by atoms with van der Waals surface area (Å²) >= 11 is 0. The third-order valence-corrected chi connectivity index (χ3v) is 5.81. The Bertz CT molecular complexity index is 1040. The lowest BCUT2D eigenvalue weighted by atomic mass is 9.95. The maximum Gasteiger partial charge on any atom is 0.354 e. The molecule has 2 aliphatic heterocycles. The molecule has 1 aromatic rings. The number of rotatable bonds is 8. The van der Waals surface area contributed by atoms with Gasteiger partial charge in [-0.2, -0.15) is 10.5 Å². The first-order valence-electron chi connectivity index (χ1n) is 10.7. The number of ether oxygens (including phenoxy) is 1. The zero-order chi connectivity index (χ0) is 24.2. The molecule has 1 unspecified atom stereocenters. The Labute approximate surface area is 191 Å². The van der Waals surface area contributed by atoms with E-state index < -0.39 is 30.2 Å². The van der Waals surface area contributed by atoms with Crippen LogP contribution in [-0.4, -0.2) is 64.9 Å². The quantitative estimate of drug-likeness (QED) is 0.548. The van der Waals surface area contributed by atoms with Gasteiger partial charge in [-0.1, -0.05) is 12.1 Å². The van der Waals surface area contributed by atoms with Crippen molar-refractivity contribution in [2.24, 2.45) is 0 Å². The molecule has 0 aliphatic carbocycles. The first-order valence-corrected chi connectivity index (χ1v) is 10.7. The number of carbonyl (C=O) groups is 4. The lowest BCUT2D eigenvalue weighted by Crippen LogP contribution is -2.70. The fourth-order valence-electron chi connectivity index (χ4n) is 4.44. The zero-order valence-corrected chi connectivity index (χ0v) is 18.6. The molecule has 0 spiro atoms. The van der Waals surface area contributed by atoms with Crippen molar-refractivity contribution in [3.63, 3.8) is 0 Å². The van der Waals surface area contributed by atoms with E-state index in [2.05, 4.69) is 0 Å². The highest BCUT2D eigenvalue weighted by atomic mass is 16.5. The summed E-state index contributed by atoms with van der Waals surface area (Å²) < 4.78 is 5.40. The number of anilines is 1. The highest BCUT2D eigenvalue weighted by Gasteiger charge is 2.62. The SMILES string of the molecule is CC(C)N1C(=O)c2ccccc2N2C(=O)CCC21C(=O)OCC(=O)N(CCC#N)CCC#N. The Hall–Kier alpha value is -3.92. The van der Waals surface area contributed by atoms with Crippen LogP contribution in [0.1, 0.15) is 49.9 Å². The number of para-hydroxylation sites is 1. The molecule has 1 saturated heterocycles. The minimum Gasteiger partial charge on any atom is -0.452 e. The van der Waals surface area contributed by atoms with Crippen LogP contribution in [0.4, 0.5) is 5.69 Å². The molecule has 1 fully saturated rings. The van der Waals surface area contributed by atoms with E-state index in [0.29, 0.717) is 11.3 Å². The van der Waals surface area contributed by atoms with Crippen LogP contribution in [0.15, 0.2) is 24.3 Å². The second-order valence-electron chi connectivity index (χ2n) is 8.10. The summed E-state index contributed by atoms with van der Waals surface area (Å²) in [4.78, 5) is 56.3. The molecular weight excluding hydrogens is 426 g/mol. The van der Waals surface area contributed by atoms with Crippen LogP contribution in [0.25, 0.3) is 0 Å². The van der Waals surface area contributed by atoms with Gasteiger partial charge in [0.05, 0.1) is 36.2 Å². The standard InChI is InChI=1S/C23H25N5O5/c1-16(2)27-21(31)17-7-3-4-8-18(17)28-19(29)9-10-23(27,28)22(32)33-15-20(30)26(13-5-11-24)14-6-12-25/h3-4,7-8,16H,5-6,9-10,13-15H2,1-2H3. The Balaban J connectivity index is 1.91. The van der Waals surface area contributed by atoms with E-state index in [1.54, 1.807) is 38.1 Å². The monoisotopic (exact) mass is 451 g/mol. The van der Waals surface area contributed by atoms with Gasteiger partial charge in [-0.25, -0.2) is 4.79 Å². The van der Waals surface area contributed by atoms with E-state index in [1.807, 2.05) is 12.1 Å². The fraction of sp³-hybridized carbons (Fsp3) is 0.478. The van der Waals surface area contributed by atoms with Gasteiger partial charge in [0.1, 0.15) is 0 Å². The molecule has 1 aromatic carbocycles. The highest BCUT2D eigenvalue weighted by Crippen LogP contribution is 2.45. The smallest absolute Gasteiger partial charge is 0.354 e. The maximum absolute atomic E-state index is 13.5. The number of carbonyl (C=O) groups excluding carboxylic acids is 4. The average molecular weight is 451 g/mol. The molecule has 2 aliphatic rings. The maximum atomic E-state index is 13.5. The van der Waals surface area contributed by atoms with E-state index in [-0.39, 0.29) is 50.6 Å². The molecule has 3 amide bonds. The fourth-order valence-corrected chi connectivity index (χ4v) is 4.44. The molecule has 0 bridgehead atoms. The van der Waals surface area contributed by atoms with E-state index in [4.69, 9.17) is 15.3 Å². The number of benzene rings is 1. The summed E-state index contributed by atoms with van der Waals surface area (Å²) in [7, 11) is 0. The minimum absolute atomic E-state index is 0.0453. The number of nitriles is 2. The Morgan fingerprint density at radius 2 is 1.79 bits per heavy atom. The molecule has 2 heterocycles. The molecule has 0 aromatic heterocycles. The lowest BCUT2D eigenvalue weighted by Gasteiger charge is -2.50. The number of hydrogen-bond donors (Lipinski definition) is 0. The molecule has 0 radical (unpaired) electrons. The summed E-state index contributed by atoms with van der Waals surface area (Å²) in [5.74, 6) is -2.12. The second kappa shape index (κ2) is 9.70. The van der Waals surface area contributed by atoms with E-state index in [9.17, 15) is 19.2 Å². The van der Waals surface area contributed by atoms with Gasteiger partial charge in [-0.3, -0.25) is 19.3 Å². The van der Waals surface area contributed by atoms with Crippen molar-refractivity contribution in [2.75, 3.05) is 24.6 Å². The van der Waals surface area contributed by atoms with Crippen LogP contribution in [0.5, 0.6) is 0 Å². The normalized spacial score (nSPS) is 18.9. The molecular formula is C23H25N5O5. The topological polar surface area (TPSA) is 135 Å². The molecule has 10 heteroatoms. The number of hydrogen-bond acceptors (Lipinski definition) is 7. The van der Waals surface area contributed by atoms with Crippen molar-refractivity contribution < 1.29 is 23.9 Å². The number of fused-ring (bicyclic) bond motifs is 3. The number of esters is 1. The van der Waals surface area contributed by atoms with Crippen LogP contribution in [0.2, 0.25) is 0 Å². The van der Waals surface area contributed by atoms with Gasteiger partial charge in [0.15, 0.2) is 6.61 Å². The van der Waals surface area contributed by atoms with Gasteiger partial charge >= 0.3 is 5.97 Å². The molecule has 0 N–H and O–H groups in total. The molecule has 33 heavy (non-hydrogen) atoms. The van der Waals surface area contributed by atoms with E-state index in [0.717, 1.165) is 0 Å². The van der Waals surface area contributed by atoms with Crippen LogP contribution in [-0.2, 0) is 19.1 Å². The lowest BCUT2D eigenvalue weighted by molar-refractivity contribution is -0.163. The van der Waals surface area contributed by atoms with Crippen molar-refractivity contribution in [3.8, 4) is 12.1 Å². The Morgan fingerprint density at radius 3 is 2.39 bits per heavy atom. The van der Waals surface area contributed by atoms with Crippen LogP contribution < -0.4 is 4.90 Å². The summed E-state index contributed by atoms with van der Waals surface area (Å²) in [6.07, 6.45) is 0.238. The average Bonchev–Trinajstić information content (AvgIpc) is 3.15. The van der Waals surface area contributed by atoms with Crippen molar-refractivity contribution in [1.29, 1.82) is 10.5 Å². The number of amides is 3. The summed E-state index contributed by atoms with van der Waals surface area (Å²) in [5.41, 5.74) is -1.02. The van der Waals surface area contributed by atoms with Crippen molar-refractivity contribution in [1.82, 2.24) is 9.80 Å². The van der Waals surface area contributed by atoms with Crippen LogP contribution >= 0.6 is 0 Å². The first kappa shape index (κ1) is 23.7. The largest absolute Gasteiger partial charge is 0.452 e. The summed E-state index contributed by atoms with van der Waals surface area (Å²) in [6.45, 7) is 3.08. The predicted molar refractivity (Wildman–Crippen MR) is 115 cm³/mol. The van der Waals surface area contributed by atoms with Gasteiger partial charge in [-0.15, -0.1) is 0 Å². The van der Waals surface area contributed by atoms with Gasteiger partial charge < -0.3 is 14.5 Å². The van der Waals surface area contributed by atoms with Gasteiger partial charge in [0, 0.05) is 32.0 Å². The second-order valence-corrected chi connectivity index (χ2v) is 8.10. The predicted octanol–water partition coefficient (Wildman–Crippen LogP) is 1.57. The van der Waals surface area contributed by atoms with Gasteiger partial charge in [0.25, 0.3) is 11.8 Å². The number of nitrogens with zero attached hydrogens (tertiary/aromatic N) is 5. The summed E-state index contributed by atoms with van der Waals surface area (Å²) in [6, 6.07) is 10.1. The third-order valence-electron chi connectivity index (χ3n) is 5.81. The molecule has 172 valence electrons. The van der Waals surface area contributed by atoms with E-state index >= 15 is 0 Å². The zero-order valence-electron chi connectivity index (χ0n) is 18.6. The minimum atomic E-state index is -1.68. The molecule has 1 atom stereocenters. The van der Waals surface area contributed by atoms with Gasteiger partial charge in [-0.05, 0) is 26.0 Å². The Kier molecular flexibility index (Phi) is 6.98. The van der Waals surface area contributed by atoms with E-state index in [1.165, 1.54) is 14.7 Å².